The smallest absolute Gasteiger partial charge is 0.433 e. The molecule has 1 heterocycles. The highest BCUT2D eigenvalue weighted by atomic mass is 35.5. The number of methoxy groups -OCH3 is 1. The highest BCUT2D eigenvalue weighted by molar-refractivity contribution is 6.32. The van der Waals surface area contributed by atoms with Crippen molar-refractivity contribution in [3.05, 3.63) is 35.1 Å². The van der Waals surface area contributed by atoms with Crippen LogP contribution in [0.1, 0.15) is 5.69 Å². The second-order valence-electron chi connectivity index (χ2n) is 3.87. The maximum absolute atomic E-state index is 13.0. The molecule has 1 aromatic heterocycles. The maximum Gasteiger partial charge on any atom is 0.433 e. The third-order valence-corrected chi connectivity index (χ3v) is 2.90. The summed E-state index contributed by atoms with van der Waals surface area (Å²) in [5.74, 6) is 0.450. The fraction of sp³-hybridized carbons (Fsp3) is 0.250. The van der Waals surface area contributed by atoms with Crippen LogP contribution in [0.2, 0.25) is 5.15 Å². The summed E-state index contributed by atoms with van der Waals surface area (Å²) in [5, 5.41) is 3.44. The zero-order valence-electron chi connectivity index (χ0n) is 10.1. The Morgan fingerprint density at radius 1 is 1.32 bits per heavy atom. The zero-order chi connectivity index (χ0) is 14.2. The molecule has 0 fully saturated rings. The quantitative estimate of drug-likeness (QED) is 0.842. The van der Waals surface area contributed by atoms with Crippen molar-refractivity contribution >= 4 is 11.6 Å². The average Bonchev–Trinajstić information content (AvgIpc) is 2.64. The van der Waals surface area contributed by atoms with Gasteiger partial charge in [0.1, 0.15) is 5.75 Å². The van der Waals surface area contributed by atoms with E-state index in [1.807, 2.05) is 0 Å². The largest absolute Gasteiger partial charge is 0.497 e. The van der Waals surface area contributed by atoms with Gasteiger partial charge in [0.25, 0.3) is 0 Å². The van der Waals surface area contributed by atoms with Crippen molar-refractivity contribution in [2.75, 3.05) is 7.11 Å². The number of ether oxygens (including phenoxy) is 1. The molecule has 0 bridgehead atoms. The third kappa shape index (κ3) is 2.53. The molecule has 0 saturated heterocycles. The molecule has 19 heavy (non-hydrogen) atoms. The Bertz CT molecular complexity index is 608. The molecule has 0 aliphatic carbocycles. The van der Waals surface area contributed by atoms with Crippen LogP contribution < -0.4 is 4.74 Å². The Kier molecular flexibility index (Phi) is 3.45. The van der Waals surface area contributed by atoms with Crippen molar-refractivity contribution in [2.24, 2.45) is 7.05 Å². The van der Waals surface area contributed by atoms with E-state index in [-0.39, 0.29) is 10.7 Å². The standard InChI is InChI=1S/C12H10ClF3N2O/c1-18-10(12(14,15)16)9(11(13)17-18)7-4-3-5-8(6-7)19-2/h3-6H,1-2H3. The zero-order valence-corrected chi connectivity index (χ0v) is 10.9. The van der Waals surface area contributed by atoms with Crippen LogP contribution >= 0.6 is 11.6 Å². The van der Waals surface area contributed by atoms with E-state index in [0.717, 1.165) is 4.68 Å². The summed E-state index contributed by atoms with van der Waals surface area (Å²) in [6.45, 7) is 0. The van der Waals surface area contributed by atoms with Gasteiger partial charge in [-0.25, -0.2) is 0 Å². The predicted molar refractivity (Wildman–Crippen MR) is 65.2 cm³/mol. The normalized spacial score (nSPS) is 11.7. The first-order valence-electron chi connectivity index (χ1n) is 5.28. The molecule has 3 nitrogen and oxygen atoms in total. The molecule has 1 aromatic carbocycles. The van der Waals surface area contributed by atoms with E-state index in [2.05, 4.69) is 5.10 Å². The predicted octanol–water partition coefficient (Wildman–Crippen LogP) is 3.77. The fourth-order valence-electron chi connectivity index (χ4n) is 1.85. The Labute approximate surface area is 112 Å². The van der Waals surface area contributed by atoms with Crippen LogP contribution in [0.5, 0.6) is 5.75 Å². The molecular weight excluding hydrogens is 281 g/mol. The van der Waals surface area contributed by atoms with Gasteiger partial charge >= 0.3 is 6.18 Å². The molecule has 2 rings (SSSR count). The van der Waals surface area contributed by atoms with Crippen LogP contribution in [0.25, 0.3) is 11.1 Å². The third-order valence-electron chi connectivity index (χ3n) is 2.63. The molecule has 0 N–H and O–H groups in total. The van der Waals surface area contributed by atoms with E-state index in [1.165, 1.54) is 26.3 Å². The van der Waals surface area contributed by atoms with Crippen molar-refractivity contribution in [1.29, 1.82) is 0 Å². The number of benzene rings is 1. The summed E-state index contributed by atoms with van der Waals surface area (Å²) in [5.41, 5.74) is -0.717. The molecule has 0 radical (unpaired) electrons. The minimum absolute atomic E-state index is 0.143. The highest BCUT2D eigenvalue weighted by Gasteiger charge is 2.39. The van der Waals surface area contributed by atoms with Crippen LogP contribution in [-0.4, -0.2) is 16.9 Å². The van der Waals surface area contributed by atoms with Gasteiger partial charge in [-0.15, -0.1) is 0 Å². The monoisotopic (exact) mass is 290 g/mol. The number of aryl methyl sites for hydroxylation is 1. The number of hydrogen-bond donors (Lipinski definition) is 0. The van der Waals surface area contributed by atoms with E-state index in [1.54, 1.807) is 12.1 Å². The van der Waals surface area contributed by atoms with E-state index >= 15 is 0 Å². The van der Waals surface area contributed by atoms with Gasteiger partial charge in [-0.2, -0.15) is 18.3 Å². The Balaban J connectivity index is 2.68. The van der Waals surface area contributed by atoms with Gasteiger partial charge < -0.3 is 4.74 Å². The van der Waals surface area contributed by atoms with E-state index in [4.69, 9.17) is 16.3 Å². The van der Waals surface area contributed by atoms with Gasteiger partial charge in [-0.1, -0.05) is 23.7 Å². The first-order chi connectivity index (χ1) is 8.84. The average molecular weight is 291 g/mol. The topological polar surface area (TPSA) is 27.1 Å². The lowest BCUT2D eigenvalue weighted by Crippen LogP contribution is -2.13. The molecule has 0 aliphatic rings. The Morgan fingerprint density at radius 2 is 2.00 bits per heavy atom. The van der Waals surface area contributed by atoms with Gasteiger partial charge in [0.05, 0.1) is 12.7 Å². The van der Waals surface area contributed by atoms with Gasteiger partial charge in [0, 0.05) is 7.05 Å². The first-order valence-corrected chi connectivity index (χ1v) is 5.66. The highest BCUT2D eigenvalue weighted by Crippen LogP contribution is 2.41. The number of hydrogen-bond acceptors (Lipinski definition) is 2. The summed E-state index contributed by atoms with van der Waals surface area (Å²) >= 11 is 5.81. The summed E-state index contributed by atoms with van der Waals surface area (Å²) in [7, 11) is 2.65. The van der Waals surface area contributed by atoms with Crippen molar-refractivity contribution < 1.29 is 17.9 Å². The Hall–Kier alpha value is -1.69. The van der Waals surface area contributed by atoms with E-state index < -0.39 is 11.9 Å². The van der Waals surface area contributed by atoms with Crippen molar-refractivity contribution in [1.82, 2.24) is 9.78 Å². The van der Waals surface area contributed by atoms with Gasteiger partial charge in [-0.05, 0) is 17.7 Å². The van der Waals surface area contributed by atoms with Crippen LogP contribution in [0.4, 0.5) is 13.2 Å². The summed E-state index contributed by atoms with van der Waals surface area (Å²) < 4.78 is 44.8. The van der Waals surface area contributed by atoms with Crippen LogP contribution in [0.15, 0.2) is 24.3 Å². The van der Waals surface area contributed by atoms with Gasteiger partial charge in [0.15, 0.2) is 10.8 Å². The number of aromatic nitrogens is 2. The summed E-state index contributed by atoms with van der Waals surface area (Å²) in [6, 6.07) is 6.25. The molecule has 2 aromatic rings. The molecule has 0 unspecified atom stereocenters. The maximum atomic E-state index is 13.0. The minimum atomic E-state index is -4.53. The number of rotatable bonds is 2. The molecule has 0 saturated carbocycles. The van der Waals surface area contributed by atoms with Crippen LogP contribution in [0.3, 0.4) is 0 Å². The molecule has 0 atom stereocenters. The molecule has 102 valence electrons. The second kappa shape index (κ2) is 4.77. The molecule has 0 aliphatic heterocycles. The van der Waals surface area contributed by atoms with Crippen molar-refractivity contribution in [2.45, 2.75) is 6.18 Å². The van der Waals surface area contributed by atoms with Crippen molar-refractivity contribution in [3.63, 3.8) is 0 Å². The fourth-order valence-corrected chi connectivity index (χ4v) is 2.16. The molecule has 7 heteroatoms. The first kappa shape index (κ1) is 13.7. The molecule has 0 spiro atoms. The van der Waals surface area contributed by atoms with Crippen LogP contribution in [0, 0.1) is 0 Å². The van der Waals surface area contributed by atoms with Crippen molar-refractivity contribution in [3.8, 4) is 16.9 Å². The lowest BCUT2D eigenvalue weighted by atomic mass is 10.1. The van der Waals surface area contributed by atoms with Crippen LogP contribution in [-0.2, 0) is 13.2 Å². The number of alkyl halides is 3. The van der Waals surface area contributed by atoms with E-state index in [9.17, 15) is 13.2 Å². The molecular formula is C12H10ClF3N2O. The summed E-state index contributed by atoms with van der Waals surface area (Å²) in [6.07, 6.45) is -4.53. The Morgan fingerprint density at radius 3 is 2.58 bits per heavy atom. The molecule has 0 amide bonds. The number of halogens is 4. The van der Waals surface area contributed by atoms with Gasteiger partial charge in [-0.3, -0.25) is 4.68 Å². The summed E-state index contributed by atoms with van der Waals surface area (Å²) in [4.78, 5) is 0. The number of nitrogens with zero attached hydrogens (tertiary/aromatic N) is 2. The SMILES string of the molecule is COc1cccc(-c2c(Cl)nn(C)c2C(F)(F)F)c1. The van der Waals surface area contributed by atoms with Gasteiger partial charge in [0.2, 0.25) is 0 Å². The lowest BCUT2D eigenvalue weighted by molar-refractivity contribution is -0.143. The second-order valence-corrected chi connectivity index (χ2v) is 4.23. The lowest BCUT2D eigenvalue weighted by Gasteiger charge is -2.10. The van der Waals surface area contributed by atoms with E-state index in [0.29, 0.717) is 11.3 Å². The minimum Gasteiger partial charge on any atom is -0.497 e.